The first-order valence-corrected chi connectivity index (χ1v) is 8.32. The molecule has 1 aliphatic heterocycles. The lowest BCUT2D eigenvalue weighted by molar-refractivity contribution is -0.904. The van der Waals surface area contributed by atoms with E-state index in [0.29, 0.717) is 0 Å². The molecule has 118 valence electrons. The summed E-state index contributed by atoms with van der Waals surface area (Å²) in [5, 5.41) is 1.17. The minimum Gasteiger partial charge on any atom is -0.358 e. The normalized spacial score (nSPS) is 16.4. The number of amides is 1. The summed E-state index contributed by atoms with van der Waals surface area (Å²) in [4.78, 5) is 19.7. The molecule has 0 spiro atoms. The van der Waals surface area contributed by atoms with Crippen molar-refractivity contribution in [3.05, 3.63) is 35.0 Å². The van der Waals surface area contributed by atoms with E-state index >= 15 is 0 Å². The number of benzene rings is 1. The topological polar surface area (TPSA) is 40.5 Å². The fraction of sp³-hybridized carbons (Fsp3) is 0.500. The highest BCUT2D eigenvalue weighted by Crippen LogP contribution is 2.23. The zero-order valence-corrected chi connectivity index (χ0v) is 13.8. The van der Waals surface area contributed by atoms with Crippen molar-refractivity contribution >= 4 is 16.8 Å². The van der Waals surface area contributed by atoms with Gasteiger partial charge in [0.25, 0.3) is 5.91 Å². The maximum Gasteiger partial charge on any atom is 0.254 e. The number of aryl methyl sites for hydroxylation is 2. The number of fused-ring (bicyclic) bond motifs is 1. The van der Waals surface area contributed by atoms with Gasteiger partial charge in [-0.15, -0.1) is 0 Å². The van der Waals surface area contributed by atoms with Crippen molar-refractivity contribution in [3.63, 3.8) is 0 Å². The maximum atomic E-state index is 12.7. The molecule has 1 saturated heterocycles. The van der Waals surface area contributed by atoms with Gasteiger partial charge < -0.3 is 14.8 Å². The van der Waals surface area contributed by atoms with Crippen LogP contribution in [0.2, 0.25) is 0 Å². The van der Waals surface area contributed by atoms with Crippen molar-refractivity contribution in [2.75, 3.05) is 32.7 Å². The Morgan fingerprint density at radius 2 is 2.00 bits per heavy atom. The molecule has 4 heteroatoms. The van der Waals surface area contributed by atoms with Gasteiger partial charge in [0.2, 0.25) is 0 Å². The molecule has 0 bridgehead atoms. The molecule has 1 aromatic heterocycles. The Bertz CT molecular complexity index is 681. The Morgan fingerprint density at radius 3 is 2.68 bits per heavy atom. The molecule has 1 fully saturated rings. The summed E-state index contributed by atoms with van der Waals surface area (Å²) in [5.74, 6) is 0.177. The van der Waals surface area contributed by atoms with E-state index in [2.05, 4.69) is 25.8 Å². The predicted octanol–water partition coefficient (Wildman–Crippen LogP) is 1.54. The van der Waals surface area contributed by atoms with Crippen LogP contribution in [0.3, 0.4) is 0 Å². The van der Waals surface area contributed by atoms with Crippen LogP contribution in [0.25, 0.3) is 10.9 Å². The first-order chi connectivity index (χ1) is 10.6. The first kappa shape index (κ1) is 15.1. The van der Waals surface area contributed by atoms with Gasteiger partial charge in [0.15, 0.2) is 0 Å². The molecule has 1 aliphatic rings. The van der Waals surface area contributed by atoms with Gasteiger partial charge in [-0.05, 0) is 44.0 Å². The molecule has 0 saturated carbocycles. The number of carbonyl (C=O) groups excluding carboxylic acids is 1. The summed E-state index contributed by atoms with van der Waals surface area (Å²) in [6, 6.07) is 6.02. The number of aromatic nitrogens is 1. The van der Waals surface area contributed by atoms with Crippen LogP contribution in [0.15, 0.2) is 18.2 Å². The van der Waals surface area contributed by atoms with Crippen molar-refractivity contribution in [1.29, 1.82) is 0 Å². The summed E-state index contributed by atoms with van der Waals surface area (Å²) in [7, 11) is 0. The lowest BCUT2D eigenvalue weighted by Gasteiger charge is -2.32. The van der Waals surface area contributed by atoms with Crippen LogP contribution in [-0.4, -0.2) is 48.5 Å². The Balaban J connectivity index is 1.76. The zero-order chi connectivity index (χ0) is 15.7. The summed E-state index contributed by atoms with van der Waals surface area (Å²) < 4.78 is 0. The largest absolute Gasteiger partial charge is 0.358 e. The number of nitrogens with one attached hydrogen (secondary N) is 2. The molecule has 2 N–H and O–H groups in total. The molecule has 0 atom stereocenters. The molecular weight excluding hydrogens is 274 g/mol. The quantitative estimate of drug-likeness (QED) is 0.887. The predicted molar refractivity (Wildman–Crippen MR) is 89.5 cm³/mol. The molecule has 2 heterocycles. The highest BCUT2D eigenvalue weighted by molar-refractivity contribution is 5.99. The molecule has 0 radical (unpaired) electrons. The summed E-state index contributed by atoms with van der Waals surface area (Å²) in [6.45, 7) is 11.5. The maximum absolute atomic E-state index is 12.7. The third kappa shape index (κ3) is 2.75. The summed E-state index contributed by atoms with van der Waals surface area (Å²) >= 11 is 0. The molecule has 4 nitrogen and oxygen atoms in total. The second-order valence-electron chi connectivity index (χ2n) is 6.43. The lowest BCUT2D eigenvalue weighted by atomic mass is 10.1. The van der Waals surface area contributed by atoms with Gasteiger partial charge in [0.05, 0.1) is 32.7 Å². The van der Waals surface area contributed by atoms with Crippen LogP contribution in [0.5, 0.6) is 0 Å². The molecular formula is C18H26N3O+. The van der Waals surface area contributed by atoms with Crippen molar-refractivity contribution in [2.45, 2.75) is 27.2 Å². The van der Waals surface area contributed by atoms with Crippen molar-refractivity contribution in [2.24, 2.45) is 0 Å². The number of hydrogen-bond acceptors (Lipinski definition) is 1. The Morgan fingerprint density at radius 1 is 1.27 bits per heavy atom. The van der Waals surface area contributed by atoms with Gasteiger partial charge in [-0.2, -0.15) is 0 Å². The highest BCUT2D eigenvalue weighted by atomic mass is 16.2. The average Bonchev–Trinajstić information content (AvgIpc) is 2.82. The monoisotopic (exact) mass is 300 g/mol. The highest BCUT2D eigenvalue weighted by Gasteiger charge is 2.24. The number of rotatable bonds is 3. The average molecular weight is 300 g/mol. The molecule has 0 aliphatic carbocycles. The Kier molecular flexibility index (Phi) is 4.21. The van der Waals surface area contributed by atoms with Crippen LogP contribution < -0.4 is 4.90 Å². The number of carbonyl (C=O) groups is 1. The molecule has 3 rings (SSSR count). The molecule has 1 amide bonds. The fourth-order valence-corrected chi connectivity index (χ4v) is 3.41. The fourth-order valence-electron chi connectivity index (χ4n) is 3.41. The van der Waals surface area contributed by atoms with Crippen LogP contribution in [0.4, 0.5) is 0 Å². The van der Waals surface area contributed by atoms with Gasteiger partial charge in [0, 0.05) is 22.2 Å². The molecule has 22 heavy (non-hydrogen) atoms. The van der Waals surface area contributed by atoms with Gasteiger partial charge in [-0.25, -0.2) is 0 Å². The van der Waals surface area contributed by atoms with E-state index in [1.54, 1.807) is 4.90 Å². The van der Waals surface area contributed by atoms with Crippen LogP contribution in [0.1, 0.15) is 35.0 Å². The molecule has 2 aromatic rings. The van der Waals surface area contributed by atoms with Gasteiger partial charge in [0.1, 0.15) is 0 Å². The second kappa shape index (κ2) is 6.13. The third-order valence-electron chi connectivity index (χ3n) is 4.92. The van der Waals surface area contributed by atoms with Crippen LogP contribution in [-0.2, 0) is 0 Å². The number of aromatic amines is 1. The lowest BCUT2D eigenvalue weighted by Crippen LogP contribution is -3.14. The molecule has 1 aromatic carbocycles. The van der Waals surface area contributed by atoms with E-state index in [9.17, 15) is 4.79 Å². The SMILES string of the molecule is CCC[NH+]1CCN(C(=O)c2ccc3[nH]c(C)c(C)c3c2)CC1. The molecule has 0 unspecified atom stereocenters. The zero-order valence-electron chi connectivity index (χ0n) is 13.8. The first-order valence-electron chi connectivity index (χ1n) is 8.32. The summed E-state index contributed by atoms with van der Waals surface area (Å²) in [5.41, 5.74) is 4.34. The number of hydrogen-bond donors (Lipinski definition) is 2. The van der Waals surface area contributed by atoms with E-state index in [-0.39, 0.29) is 5.91 Å². The van der Waals surface area contributed by atoms with Gasteiger partial charge >= 0.3 is 0 Å². The van der Waals surface area contributed by atoms with E-state index in [4.69, 9.17) is 0 Å². The van der Waals surface area contributed by atoms with E-state index in [1.165, 1.54) is 29.6 Å². The van der Waals surface area contributed by atoms with Crippen LogP contribution >= 0.6 is 0 Å². The van der Waals surface area contributed by atoms with Gasteiger partial charge in [-0.3, -0.25) is 4.79 Å². The second-order valence-corrected chi connectivity index (χ2v) is 6.43. The van der Waals surface area contributed by atoms with Crippen LogP contribution in [0, 0.1) is 13.8 Å². The van der Waals surface area contributed by atoms with E-state index in [1.807, 2.05) is 23.1 Å². The van der Waals surface area contributed by atoms with E-state index < -0.39 is 0 Å². The standard InChI is InChI=1S/C18H25N3O/c1-4-7-20-8-10-21(11-9-20)18(22)15-5-6-17-16(12-15)13(2)14(3)19-17/h5-6,12,19H,4,7-11H2,1-3H3/p+1. The Hall–Kier alpha value is -1.81. The minimum atomic E-state index is 0.177. The van der Waals surface area contributed by atoms with E-state index in [0.717, 1.165) is 37.3 Å². The van der Waals surface area contributed by atoms with Crippen molar-refractivity contribution in [3.8, 4) is 0 Å². The number of quaternary nitrogens is 1. The van der Waals surface area contributed by atoms with Crippen molar-refractivity contribution < 1.29 is 9.69 Å². The number of piperazine rings is 1. The number of nitrogens with zero attached hydrogens (tertiary/aromatic N) is 1. The van der Waals surface area contributed by atoms with Gasteiger partial charge in [-0.1, -0.05) is 6.92 Å². The third-order valence-corrected chi connectivity index (χ3v) is 4.92. The number of H-pyrrole nitrogens is 1. The Labute approximate surface area is 132 Å². The van der Waals surface area contributed by atoms with Crippen molar-refractivity contribution in [1.82, 2.24) is 9.88 Å². The minimum absolute atomic E-state index is 0.177. The summed E-state index contributed by atoms with van der Waals surface area (Å²) in [6.07, 6.45) is 1.21. The smallest absolute Gasteiger partial charge is 0.254 e.